The van der Waals surface area contributed by atoms with E-state index in [1.165, 1.54) is 0 Å². The average molecular weight is 418 g/mol. The Morgan fingerprint density at radius 1 is 1.21 bits per heavy atom. The summed E-state index contributed by atoms with van der Waals surface area (Å²) in [7, 11) is 0. The Kier molecular flexibility index (Phi) is 6.65. The maximum atomic E-state index is 12.6. The van der Waals surface area contributed by atoms with Crippen LogP contribution in [0, 0.1) is 0 Å². The highest BCUT2D eigenvalue weighted by molar-refractivity contribution is 6.30. The molecule has 2 heterocycles. The zero-order valence-corrected chi connectivity index (χ0v) is 18.1. The van der Waals surface area contributed by atoms with Gasteiger partial charge in [-0.25, -0.2) is 4.98 Å². The molecule has 1 amide bonds. The number of pyridine rings is 1. The minimum atomic E-state index is -1.01. The Morgan fingerprint density at radius 3 is 2.45 bits per heavy atom. The number of nitrogens with zero attached hydrogens (tertiary/aromatic N) is 2. The van der Waals surface area contributed by atoms with Crippen molar-refractivity contribution in [3.05, 3.63) is 53.2 Å². The lowest BCUT2D eigenvalue weighted by Crippen LogP contribution is -2.46. The van der Waals surface area contributed by atoms with Gasteiger partial charge in [-0.15, -0.1) is 0 Å². The minimum absolute atomic E-state index is 0.183. The number of amides is 1. The molecule has 3 rings (SSSR count). The van der Waals surface area contributed by atoms with E-state index in [9.17, 15) is 4.79 Å². The van der Waals surface area contributed by atoms with E-state index in [0.717, 1.165) is 24.5 Å². The first-order valence-corrected chi connectivity index (χ1v) is 10.2. The first-order valence-electron chi connectivity index (χ1n) is 9.81. The van der Waals surface area contributed by atoms with Crippen LogP contribution in [-0.4, -0.2) is 41.8 Å². The predicted octanol–water partition coefficient (Wildman–Crippen LogP) is 3.82. The van der Waals surface area contributed by atoms with E-state index < -0.39 is 5.60 Å². The van der Waals surface area contributed by atoms with E-state index in [4.69, 9.17) is 21.1 Å². The molecule has 0 bridgehead atoms. The molecule has 7 heteroatoms. The van der Waals surface area contributed by atoms with E-state index in [1.54, 1.807) is 44.3 Å². The van der Waals surface area contributed by atoms with Crippen LogP contribution in [0.1, 0.15) is 33.3 Å². The van der Waals surface area contributed by atoms with E-state index >= 15 is 0 Å². The van der Waals surface area contributed by atoms with Crippen molar-refractivity contribution in [3.8, 4) is 5.75 Å². The summed E-state index contributed by atoms with van der Waals surface area (Å²) in [6.07, 6.45) is 2.16. The Hall–Kier alpha value is -2.31. The Morgan fingerprint density at radius 2 is 1.86 bits per heavy atom. The van der Waals surface area contributed by atoms with Gasteiger partial charge in [0.15, 0.2) is 5.60 Å². The molecule has 2 atom stereocenters. The number of carbonyl (C=O) groups excluding carboxylic acids is 1. The van der Waals surface area contributed by atoms with Crippen LogP contribution in [0.25, 0.3) is 0 Å². The average Bonchev–Trinajstić information content (AvgIpc) is 2.67. The van der Waals surface area contributed by atoms with Crippen LogP contribution in [0.4, 0.5) is 5.82 Å². The highest BCUT2D eigenvalue weighted by atomic mass is 35.5. The largest absolute Gasteiger partial charge is 0.478 e. The molecule has 1 fully saturated rings. The molecular weight excluding hydrogens is 390 g/mol. The molecule has 1 aliphatic rings. The molecule has 1 saturated heterocycles. The summed E-state index contributed by atoms with van der Waals surface area (Å²) in [5, 5.41) is 3.54. The molecule has 2 aromatic rings. The summed E-state index contributed by atoms with van der Waals surface area (Å²) in [4.78, 5) is 19.4. The van der Waals surface area contributed by atoms with Crippen LogP contribution in [0.3, 0.4) is 0 Å². The molecule has 0 aliphatic carbocycles. The topological polar surface area (TPSA) is 63.7 Å². The van der Waals surface area contributed by atoms with Crippen molar-refractivity contribution in [1.29, 1.82) is 0 Å². The number of rotatable bonds is 6. The second kappa shape index (κ2) is 9.01. The van der Waals surface area contributed by atoms with Crippen molar-refractivity contribution in [2.45, 2.75) is 52.0 Å². The van der Waals surface area contributed by atoms with Crippen molar-refractivity contribution in [3.63, 3.8) is 0 Å². The third-order valence-electron chi connectivity index (χ3n) is 4.74. The first-order chi connectivity index (χ1) is 13.7. The van der Waals surface area contributed by atoms with E-state index in [-0.39, 0.29) is 18.1 Å². The molecule has 0 radical (unpaired) electrons. The second-order valence-corrected chi connectivity index (χ2v) is 8.37. The molecule has 2 unspecified atom stereocenters. The van der Waals surface area contributed by atoms with Gasteiger partial charge in [0.2, 0.25) is 0 Å². The zero-order valence-electron chi connectivity index (χ0n) is 17.3. The number of morpholine rings is 1. The molecule has 0 saturated carbocycles. The maximum absolute atomic E-state index is 12.6. The van der Waals surface area contributed by atoms with Crippen LogP contribution < -0.4 is 15.0 Å². The predicted molar refractivity (Wildman–Crippen MR) is 114 cm³/mol. The molecular formula is C22H28ClN3O3. The summed E-state index contributed by atoms with van der Waals surface area (Å²) >= 11 is 5.89. The van der Waals surface area contributed by atoms with Gasteiger partial charge >= 0.3 is 0 Å². The van der Waals surface area contributed by atoms with Gasteiger partial charge in [-0.2, -0.15) is 0 Å². The second-order valence-electron chi connectivity index (χ2n) is 7.94. The summed E-state index contributed by atoms with van der Waals surface area (Å²) in [5.41, 5.74) is -0.0832. The number of hydrogen-bond acceptors (Lipinski definition) is 5. The molecule has 0 spiro atoms. The van der Waals surface area contributed by atoms with E-state index in [0.29, 0.717) is 17.3 Å². The number of anilines is 1. The molecule has 1 aliphatic heterocycles. The number of hydrogen-bond donors (Lipinski definition) is 1. The number of halogens is 1. The van der Waals surface area contributed by atoms with Gasteiger partial charge in [-0.3, -0.25) is 4.79 Å². The van der Waals surface area contributed by atoms with Crippen LogP contribution >= 0.6 is 11.6 Å². The van der Waals surface area contributed by atoms with Crippen LogP contribution in [0.2, 0.25) is 5.02 Å². The van der Waals surface area contributed by atoms with E-state index in [1.807, 2.05) is 12.1 Å². The van der Waals surface area contributed by atoms with Crippen molar-refractivity contribution < 1.29 is 14.3 Å². The van der Waals surface area contributed by atoms with Crippen LogP contribution in [-0.2, 0) is 16.1 Å². The lowest BCUT2D eigenvalue weighted by molar-refractivity contribution is -0.134. The lowest BCUT2D eigenvalue weighted by Gasteiger charge is -2.36. The number of benzene rings is 1. The monoisotopic (exact) mass is 417 g/mol. The molecule has 1 aromatic heterocycles. The molecule has 6 nitrogen and oxygen atoms in total. The third kappa shape index (κ3) is 5.84. The number of aromatic nitrogens is 1. The number of ether oxygens (including phenoxy) is 2. The molecule has 29 heavy (non-hydrogen) atoms. The molecule has 1 aromatic carbocycles. The fourth-order valence-corrected chi connectivity index (χ4v) is 3.44. The van der Waals surface area contributed by atoms with Crippen LogP contribution in [0.5, 0.6) is 5.75 Å². The molecule has 1 N–H and O–H groups in total. The summed E-state index contributed by atoms with van der Waals surface area (Å²) in [5.74, 6) is 1.32. The highest BCUT2D eigenvalue weighted by Gasteiger charge is 2.29. The highest BCUT2D eigenvalue weighted by Crippen LogP contribution is 2.21. The molecule has 156 valence electrons. The van der Waals surface area contributed by atoms with Crippen molar-refractivity contribution in [2.24, 2.45) is 0 Å². The smallest absolute Gasteiger partial charge is 0.263 e. The Labute approximate surface area is 177 Å². The fraction of sp³-hybridized carbons (Fsp3) is 0.455. The third-order valence-corrected chi connectivity index (χ3v) is 4.99. The SMILES string of the molecule is CC1CN(c2ccc(CNC(=O)C(C)(C)Oc3ccc(Cl)cc3)cn2)CC(C)O1. The number of carbonyl (C=O) groups is 1. The fourth-order valence-electron chi connectivity index (χ4n) is 3.31. The van der Waals surface area contributed by atoms with Gasteiger partial charge in [-0.1, -0.05) is 17.7 Å². The Bertz CT molecular complexity index is 814. The summed E-state index contributed by atoms with van der Waals surface area (Å²) in [6.45, 7) is 9.64. The standard InChI is InChI=1S/C22H28ClN3O3/c1-15-13-26(14-16(2)28-15)20-10-5-17(11-24-20)12-25-21(27)22(3,4)29-19-8-6-18(23)7-9-19/h5-11,15-16H,12-14H2,1-4H3,(H,25,27). The van der Waals surface area contributed by atoms with Gasteiger partial charge in [0.05, 0.1) is 12.2 Å². The van der Waals surface area contributed by atoms with Crippen LogP contribution in [0.15, 0.2) is 42.6 Å². The van der Waals surface area contributed by atoms with E-state index in [2.05, 4.69) is 29.0 Å². The van der Waals surface area contributed by atoms with Crippen molar-refractivity contribution in [2.75, 3.05) is 18.0 Å². The summed E-state index contributed by atoms with van der Waals surface area (Å²) in [6, 6.07) is 10.9. The van der Waals surface area contributed by atoms with Gasteiger partial charge in [0, 0.05) is 30.9 Å². The quantitative estimate of drug-likeness (QED) is 0.774. The van der Waals surface area contributed by atoms with Gasteiger partial charge < -0.3 is 19.7 Å². The van der Waals surface area contributed by atoms with Crippen molar-refractivity contribution in [1.82, 2.24) is 10.3 Å². The van der Waals surface area contributed by atoms with Crippen molar-refractivity contribution >= 4 is 23.3 Å². The lowest BCUT2D eigenvalue weighted by atomic mass is 10.1. The van der Waals surface area contributed by atoms with Gasteiger partial charge in [0.25, 0.3) is 5.91 Å². The minimum Gasteiger partial charge on any atom is -0.478 e. The normalized spacial score (nSPS) is 19.7. The zero-order chi connectivity index (χ0) is 21.0. The van der Waals surface area contributed by atoms with Gasteiger partial charge in [0.1, 0.15) is 11.6 Å². The number of nitrogens with one attached hydrogen (secondary N) is 1. The Balaban J connectivity index is 1.55. The maximum Gasteiger partial charge on any atom is 0.263 e. The van der Waals surface area contributed by atoms with Gasteiger partial charge in [-0.05, 0) is 63.6 Å². The summed E-state index contributed by atoms with van der Waals surface area (Å²) < 4.78 is 11.6. The first kappa shape index (κ1) is 21.4.